The van der Waals surface area contributed by atoms with Crippen molar-refractivity contribution in [1.29, 1.82) is 0 Å². The van der Waals surface area contributed by atoms with E-state index in [9.17, 15) is 19.5 Å². The molecule has 0 saturated carbocycles. The topological polar surface area (TPSA) is 115 Å². The Morgan fingerprint density at radius 3 is 1.69 bits per heavy atom. The standard InChI is InChI=1S/C19H33NO6/c1-2-3-4-5-6-7-8-9-10-11-12-13-20(14-17(21)22,15-18(23)24)16-19(25)26/h12-13H,2-11,14-16H2,1H3,(H2-,21,22,23,24,25,26)/b13-12+. The van der Waals surface area contributed by atoms with E-state index in [4.69, 9.17) is 10.2 Å². The van der Waals surface area contributed by atoms with Crippen molar-refractivity contribution < 1.29 is 34.2 Å². The number of allylic oxidation sites excluding steroid dienone is 1. The number of rotatable bonds is 17. The average molecular weight is 371 g/mol. The second-order valence-electron chi connectivity index (χ2n) is 6.85. The minimum Gasteiger partial charge on any atom is -0.544 e. The van der Waals surface area contributed by atoms with Crippen LogP contribution >= 0.6 is 0 Å². The molecule has 0 aliphatic carbocycles. The molecule has 2 N–H and O–H groups in total. The van der Waals surface area contributed by atoms with Crippen molar-refractivity contribution in [1.82, 2.24) is 0 Å². The highest BCUT2D eigenvalue weighted by atomic mass is 16.4. The normalized spacial score (nSPS) is 11.7. The molecule has 0 aliphatic heterocycles. The van der Waals surface area contributed by atoms with Crippen molar-refractivity contribution >= 4 is 17.9 Å². The predicted molar refractivity (Wildman–Crippen MR) is 96.1 cm³/mol. The molecule has 0 rings (SSSR count). The van der Waals surface area contributed by atoms with Crippen molar-refractivity contribution in [2.45, 2.75) is 71.1 Å². The Hall–Kier alpha value is -1.89. The Bertz CT molecular complexity index is 420. The van der Waals surface area contributed by atoms with E-state index in [0.29, 0.717) is 6.42 Å². The summed E-state index contributed by atoms with van der Waals surface area (Å²) in [4.78, 5) is 33.0. The van der Waals surface area contributed by atoms with Gasteiger partial charge in [0.2, 0.25) is 0 Å². The van der Waals surface area contributed by atoms with E-state index in [1.54, 1.807) is 6.08 Å². The highest BCUT2D eigenvalue weighted by Crippen LogP contribution is 2.13. The summed E-state index contributed by atoms with van der Waals surface area (Å²) in [5, 5.41) is 28.9. The Labute approximate surface area is 155 Å². The van der Waals surface area contributed by atoms with Gasteiger partial charge in [-0.1, -0.05) is 58.3 Å². The second-order valence-corrected chi connectivity index (χ2v) is 6.85. The van der Waals surface area contributed by atoms with Crippen LogP contribution in [0.3, 0.4) is 0 Å². The van der Waals surface area contributed by atoms with E-state index in [0.717, 1.165) is 19.3 Å². The monoisotopic (exact) mass is 371 g/mol. The van der Waals surface area contributed by atoms with Crippen molar-refractivity contribution in [2.75, 3.05) is 19.6 Å². The van der Waals surface area contributed by atoms with Crippen LogP contribution in [0.4, 0.5) is 0 Å². The third-order valence-electron chi connectivity index (χ3n) is 4.24. The van der Waals surface area contributed by atoms with Crippen LogP contribution in [-0.2, 0) is 14.4 Å². The molecular weight excluding hydrogens is 338 g/mol. The number of nitrogens with zero attached hydrogens (tertiary/aromatic N) is 1. The van der Waals surface area contributed by atoms with E-state index >= 15 is 0 Å². The Morgan fingerprint density at radius 2 is 1.27 bits per heavy atom. The van der Waals surface area contributed by atoms with Crippen molar-refractivity contribution in [3.05, 3.63) is 12.3 Å². The average Bonchev–Trinajstić information content (AvgIpc) is 2.50. The lowest BCUT2D eigenvalue weighted by Crippen LogP contribution is -2.55. The molecule has 0 atom stereocenters. The summed E-state index contributed by atoms with van der Waals surface area (Å²) in [6.45, 7) is 0.316. The van der Waals surface area contributed by atoms with Crippen molar-refractivity contribution in [3.63, 3.8) is 0 Å². The molecule has 150 valence electrons. The summed E-state index contributed by atoms with van der Waals surface area (Å²) >= 11 is 0. The van der Waals surface area contributed by atoms with E-state index in [-0.39, 0.29) is 0 Å². The van der Waals surface area contributed by atoms with Gasteiger partial charge >= 0.3 is 11.9 Å². The maximum Gasteiger partial charge on any atom is 0.359 e. The first-order chi connectivity index (χ1) is 12.3. The molecule has 0 aliphatic rings. The Kier molecular flexibility index (Phi) is 13.3. The maximum absolute atomic E-state index is 11.0. The first-order valence-corrected chi connectivity index (χ1v) is 9.48. The molecule has 7 heteroatoms. The molecule has 0 heterocycles. The number of unbranched alkanes of at least 4 members (excludes halogenated alkanes) is 9. The summed E-state index contributed by atoms with van der Waals surface area (Å²) < 4.78 is -0.676. The van der Waals surface area contributed by atoms with E-state index in [1.165, 1.54) is 44.7 Å². The molecule has 0 fully saturated rings. The van der Waals surface area contributed by atoms with Crippen LogP contribution in [0.15, 0.2) is 12.3 Å². The predicted octanol–water partition coefficient (Wildman–Crippen LogP) is 2.16. The summed E-state index contributed by atoms with van der Waals surface area (Å²) in [7, 11) is 0. The number of carbonyl (C=O) groups excluding carboxylic acids is 1. The van der Waals surface area contributed by atoms with Gasteiger partial charge in [-0.25, -0.2) is 9.59 Å². The number of quaternary nitrogens is 1. The zero-order valence-corrected chi connectivity index (χ0v) is 15.8. The largest absolute Gasteiger partial charge is 0.544 e. The summed E-state index contributed by atoms with van der Waals surface area (Å²) in [5.74, 6) is -3.97. The number of carboxylic acid groups (broad SMARTS) is 3. The molecule has 0 amide bonds. The first kappa shape index (κ1) is 24.1. The van der Waals surface area contributed by atoms with Crippen LogP contribution in [0.25, 0.3) is 0 Å². The molecule has 7 nitrogen and oxygen atoms in total. The molecular formula is C19H33NO6. The Balaban J connectivity index is 4.33. The van der Waals surface area contributed by atoms with Crippen LogP contribution in [-0.4, -0.2) is 52.2 Å². The van der Waals surface area contributed by atoms with Crippen molar-refractivity contribution in [2.24, 2.45) is 0 Å². The van der Waals surface area contributed by atoms with Gasteiger partial charge in [0.25, 0.3) is 0 Å². The lowest BCUT2D eigenvalue weighted by molar-refractivity contribution is -0.859. The van der Waals surface area contributed by atoms with Crippen LogP contribution < -0.4 is 5.11 Å². The van der Waals surface area contributed by atoms with E-state index < -0.39 is 42.0 Å². The number of hydrogen-bond acceptors (Lipinski definition) is 4. The van der Waals surface area contributed by atoms with Gasteiger partial charge in [0.05, 0.1) is 12.2 Å². The van der Waals surface area contributed by atoms with Crippen LogP contribution in [0, 0.1) is 0 Å². The minimum atomic E-state index is -1.47. The zero-order valence-electron chi connectivity index (χ0n) is 15.8. The quantitative estimate of drug-likeness (QED) is 0.299. The SMILES string of the molecule is CCCCCCCCCCC/C=C/[N+](CC(=O)[O-])(CC(=O)O)CC(=O)O. The molecule has 0 aromatic rings. The van der Waals surface area contributed by atoms with Gasteiger partial charge in [-0.3, -0.25) is 4.48 Å². The van der Waals surface area contributed by atoms with Gasteiger partial charge in [-0.15, -0.1) is 0 Å². The number of carboxylic acids is 3. The van der Waals surface area contributed by atoms with Crippen LogP contribution in [0.2, 0.25) is 0 Å². The third kappa shape index (κ3) is 13.4. The fraction of sp³-hybridized carbons (Fsp3) is 0.737. The molecule has 0 bridgehead atoms. The Morgan fingerprint density at radius 1 is 0.808 bits per heavy atom. The minimum absolute atomic E-state index is 0.603. The highest BCUT2D eigenvalue weighted by molar-refractivity contribution is 5.72. The van der Waals surface area contributed by atoms with Gasteiger partial charge in [-0.05, 0) is 18.9 Å². The summed E-state index contributed by atoms with van der Waals surface area (Å²) in [6.07, 6.45) is 14.4. The van der Waals surface area contributed by atoms with E-state index in [1.807, 2.05) is 0 Å². The lowest BCUT2D eigenvalue weighted by atomic mass is 10.1. The molecule has 0 unspecified atom stereocenters. The van der Waals surface area contributed by atoms with Gasteiger partial charge in [0.1, 0.15) is 6.54 Å². The molecule has 0 spiro atoms. The maximum atomic E-state index is 11.0. The highest BCUT2D eigenvalue weighted by Gasteiger charge is 2.31. The fourth-order valence-corrected chi connectivity index (χ4v) is 2.99. The smallest absolute Gasteiger partial charge is 0.359 e. The summed E-state index contributed by atoms with van der Waals surface area (Å²) in [6, 6.07) is 0. The van der Waals surface area contributed by atoms with Gasteiger partial charge in [-0.2, -0.15) is 0 Å². The molecule has 0 aromatic heterocycles. The van der Waals surface area contributed by atoms with E-state index in [2.05, 4.69) is 6.92 Å². The number of carbonyl (C=O) groups is 3. The molecule has 0 aromatic carbocycles. The second kappa shape index (κ2) is 14.3. The number of aliphatic carboxylic acids is 3. The summed E-state index contributed by atoms with van der Waals surface area (Å²) in [5.41, 5.74) is 0. The lowest BCUT2D eigenvalue weighted by Gasteiger charge is -2.32. The third-order valence-corrected chi connectivity index (χ3v) is 4.24. The molecule has 0 saturated heterocycles. The molecule has 26 heavy (non-hydrogen) atoms. The number of hydrogen-bond donors (Lipinski definition) is 2. The molecule has 0 radical (unpaired) electrons. The van der Waals surface area contributed by atoms with Gasteiger partial charge < -0.3 is 20.1 Å². The fourth-order valence-electron chi connectivity index (χ4n) is 2.99. The zero-order chi connectivity index (χ0) is 19.8. The van der Waals surface area contributed by atoms with Crippen molar-refractivity contribution in [3.8, 4) is 0 Å². The van der Waals surface area contributed by atoms with Gasteiger partial charge in [0.15, 0.2) is 13.1 Å². The van der Waals surface area contributed by atoms with Crippen LogP contribution in [0.5, 0.6) is 0 Å². The first-order valence-electron chi connectivity index (χ1n) is 9.48. The van der Waals surface area contributed by atoms with Crippen LogP contribution in [0.1, 0.15) is 71.1 Å². The van der Waals surface area contributed by atoms with Gasteiger partial charge in [0, 0.05) is 0 Å².